The molecule has 0 aliphatic carbocycles. The molecule has 0 spiro atoms. The molecule has 0 aromatic heterocycles. The fourth-order valence-corrected chi connectivity index (χ4v) is 4.06. The van der Waals surface area contributed by atoms with E-state index in [9.17, 15) is 4.79 Å². The molecule has 0 N–H and O–H groups in total. The zero-order chi connectivity index (χ0) is 22.2. The summed E-state index contributed by atoms with van der Waals surface area (Å²) in [4.78, 5) is 13.2. The third-order valence-corrected chi connectivity index (χ3v) is 5.52. The minimum Gasteiger partial charge on any atom is -0.294 e. The topological polar surface area (TPSA) is 17.1 Å². The minimum atomic E-state index is -0.0398. The third-order valence-electron chi connectivity index (χ3n) is 5.20. The van der Waals surface area contributed by atoms with Gasteiger partial charge in [0.1, 0.15) is 0 Å². The van der Waals surface area contributed by atoms with Gasteiger partial charge in [0, 0.05) is 17.0 Å². The maximum atomic E-state index is 13.2. The second-order valence-corrected chi connectivity index (χ2v) is 7.90. The molecular weight excluding hydrogens is 412 g/mol. The molecule has 4 aromatic carbocycles. The van der Waals surface area contributed by atoms with Gasteiger partial charge in [-0.05, 0) is 33.9 Å². The SMILES string of the molecule is O=C(C=C(c1ccccc1)c1ccccc1)CC(Cl)=C(c1ccccc1)c1ccccc1. The molecular formula is C30H23ClO. The second-order valence-electron chi connectivity index (χ2n) is 7.45. The van der Waals surface area contributed by atoms with Crippen LogP contribution in [0.1, 0.15) is 28.7 Å². The quantitative estimate of drug-likeness (QED) is 0.271. The van der Waals surface area contributed by atoms with Crippen molar-refractivity contribution in [2.75, 3.05) is 0 Å². The van der Waals surface area contributed by atoms with E-state index < -0.39 is 0 Å². The molecule has 0 aliphatic rings. The standard InChI is InChI=1S/C30H23ClO/c31-29(30(25-17-9-3-10-18-25)26-19-11-4-12-20-26)22-27(32)21-28(23-13-5-1-6-14-23)24-15-7-2-8-16-24/h1-21H,22H2. The Balaban J connectivity index is 1.73. The van der Waals surface area contributed by atoms with Gasteiger partial charge >= 0.3 is 0 Å². The molecule has 0 unspecified atom stereocenters. The summed E-state index contributed by atoms with van der Waals surface area (Å²) in [5, 5.41) is 0.532. The van der Waals surface area contributed by atoms with Crippen LogP contribution >= 0.6 is 11.6 Å². The summed E-state index contributed by atoms with van der Waals surface area (Å²) in [5.41, 5.74) is 5.76. The highest BCUT2D eigenvalue weighted by molar-refractivity contribution is 6.35. The monoisotopic (exact) mass is 434 g/mol. The van der Waals surface area contributed by atoms with Gasteiger partial charge in [-0.2, -0.15) is 0 Å². The van der Waals surface area contributed by atoms with Crippen molar-refractivity contribution in [2.24, 2.45) is 0 Å². The Kier molecular flexibility index (Phi) is 7.12. The molecule has 0 radical (unpaired) electrons. The van der Waals surface area contributed by atoms with E-state index >= 15 is 0 Å². The second kappa shape index (κ2) is 10.6. The molecule has 156 valence electrons. The molecule has 1 nitrogen and oxygen atoms in total. The lowest BCUT2D eigenvalue weighted by atomic mass is 9.94. The fraction of sp³-hybridized carbons (Fsp3) is 0.0333. The number of carbonyl (C=O) groups is 1. The van der Waals surface area contributed by atoms with Crippen LogP contribution in [0.4, 0.5) is 0 Å². The number of benzene rings is 4. The Bertz CT molecular complexity index is 1140. The minimum absolute atomic E-state index is 0.0398. The summed E-state index contributed by atoms with van der Waals surface area (Å²) in [6, 6.07) is 39.9. The van der Waals surface area contributed by atoms with Crippen LogP contribution in [0.3, 0.4) is 0 Å². The Labute approximate surface area is 194 Å². The molecule has 0 bridgehead atoms. The van der Waals surface area contributed by atoms with E-state index in [1.54, 1.807) is 6.08 Å². The summed E-state index contributed by atoms with van der Waals surface area (Å²) < 4.78 is 0. The van der Waals surface area contributed by atoms with Crippen LogP contribution in [-0.2, 0) is 4.79 Å². The zero-order valence-corrected chi connectivity index (χ0v) is 18.4. The van der Waals surface area contributed by atoms with Gasteiger partial charge in [-0.15, -0.1) is 0 Å². The van der Waals surface area contributed by atoms with E-state index in [1.165, 1.54) is 0 Å². The summed E-state index contributed by atoms with van der Waals surface area (Å²) in [6.45, 7) is 0. The number of hydrogen-bond acceptors (Lipinski definition) is 1. The number of rotatable bonds is 7. The van der Waals surface area contributed by atoms with Crippen molar-refractivity contribution in [1.29, 1.82) is 0 Å². The van der Waals surface area contributed by atoms with Gasteiger partial charge in [0.25, 0.3) is 0 Å². The van der Waals surface area contributed by atoms with Crippen molar-refractivity contribution in [3.05, 3.63) is 155 Å². The van der Waals surface area contributed by atoms with Crippen molar-refractivity contribution in [3.63, 3.8) is 0 Å². The van der Waals surface area contributed by atoms with Crippen molar-refractivity contribution in [1.82, 2.24) is 0 Å². The average molecular weight is 435 g/mol. The van der Waals surface area contributed by atoms with Crippen LogP contribution in [0.15, 0.2) is 132 Å². The maximum absolute atomic E-state index is 13.2. The highest BCUT2D eigenvalue weighted by Crippen LogP contribution is 2.31. The lowest BCUT2D eigenvalue weighted by molar-refractivity contribution is -0.113. The smallest absolute Gasteiger partial charge is 0.161 e. The van der Waals surface area contributed by atoms with Crippen LogP contribution in [0.2, 0.25) is 0 Å². The average Bonchev–Trinajstić information content (AvgIpc) is 2.85. The summed E-state index contributed by atoms with van der Waals surface area (Å²) in [5.74, 6) is -0.0398. The third kappa shape index (κ3) is 5.32. The highest BCUT2D eigenvalue weighted by atomic mass is 35.5. The molecule has 0 fully saturated rings. The van der Waals surface area contributed by atoms with Crippen LogP contribution in [-0.4, -0.2) is 5.78 Å². The van der Waals surface area contributed by atoms with E-state index in [4.69, 9.17) is 11.6 Å². The predicted molar refractivity (Wildman–Crippen MR) is 134 cm³/mol. The Morgan fingerprint density at radius 3 is 1.28 bits per heavy atom. The molecule has 32 heavy (non-hydrogen) atoms. The summed E-state index contributed by atoms with van der Waals surface area (Å²) in [6.07, 6.45) is 1.84. The first-order chi connectivity index (χ1) is 15.7. The maximum Gasteiger partial charge on any atom is 0.161 e. The van der Waals surface area contributed by atoms with Gasteiger partial charge in [0.15, 0.2) is 5.78 Å². The first-order valence-electron chi connectivity index (χ1n) is 10.6. The summed E-state index contributed by atoms with van der Waals surface area (Å²) in [7, 11) is 0. The molecule has 0 saturated carbocycles. The van der Waals surface area contributed by atoms with Crippen molar-refractivity contribution >= 4 is 28.5 Å². The first-order valence-corrected chi connectivity index (χ1v) is 10.9. The van der Waals surface area contributed by atoms with Crippen LogP contribution in [0.25, 0.3) is 11.1 Å². The van der Waals surface area contributed by atoms with E-state index in [1.807, 2.05) is 121 Å². The Morgan fingerprint density at radius 1 is 0.562 bits per heavy atom. The molecule has 2 heteroatoms. The van der Waals surface area contributed by atoms with Crippen molar-refractivity contribution in [2.45, 2.75) is 6.42 Å². The van der Waals surface area contributed by atoms with Gasteiger partial charge in [-0.1, -0.05) is 133 Å². The van der Waals surface area contributed by atoms with Crippen LogP contribution < -0.4 is 0 Å². The molecule has 4 rings (SSSR count). The lowest BCUT2D eigenvalue weighted by Crippen LogP contribution is -2.00. The van der Waals surface area contributed by atoms with Gasteiger partial charge < -0.3 is 0 Å². The molecule has 0 aliphatic heterocycles. The largest absolute Gasteiger partial charge is 0.294 e. The number of allylic oxidation sites excluding steroid dienone is 2. The van der Waals surface area contributed by atoms with Gasteiger partial charge in [0.05, 0.1) is 0 Å². The van der Waals surface area contributed by atoms with Crippen molar-refractivity contribution in [3.8, 4) is 0 Å². The predicted octanol–water partition coefficient (Wildman–Crippen LogP) is 7.78. The molecule has 0 heterocycles. The number of carbonyl (C=O) groups excluding carboxylic acids is 1. The molecule has 4 aromatic rings. The molecule has 0 amide bonds. The number of hydrogen-bond donors (Lipinski definition) is 0. The summed E-state index contributed by atoms with van der Waals surface area (Å²) >= 11 is 6.82. The van der Waals surface area contributed by atoms with Gasteiger partial charge in [0.2, 0.25) is 0 Å². The zero-order valence-electron chi connectivity index (χ0n) is 17.6. The Hall–Kier alpha value is -3.68. The number of halogens is 1. The molecule has 0 atom stereocenters. The number of ketones is 1. The fourth-order valence-electron chi connectivity index (χ4n) is 3.71. The van der Waals surface area contributed by atoms with E-state index in [-0.39, 0.29) is 12.2 Å². The van der Waals surface area contributed by atoms with E-state index in [2.05, 4.69) is 0 Å². The first kappa shape index (κ1) is 21.5. The van der Waals surface area contributed by atoms with Crippen LogP contribution in [0, 0.1) is 0 Å². The van der Waals surface area contributed by atoms with Crippen LogP contribution in [0.5, 0.6) is 0 Å². The van der Waals surface area contributed by atoms with Gasteiger partial charge in [-0.25, -0.2) is 0 Å². The van der Waals surface area contributed by atoms with Crippen molar-refractivity contribution < 1.29 is 4.79 Å². The molecule has 0 saturated heterocycles. The highest BCUT2D eigenvalue weighted by Gasteiger charge is 2.14. The Morgan fingerprint density at radius 2 is 0.906 bits per heavy atom. The van der Waals surface area contributed by atoms with Gasteiger partial charge in [-0.3, -0.25) is 4.79 Å². The lowest BCUT2D eigenvalue weighted by Gasteiger charge is -2.12. The van der Waals surface area contributed by atoms with E-state index in [0.29, 0.717) is 5.03 Å². The normalized spacial score (nSPS) is 10.3. The van der Waals surface area contributed by atoms with E-state index in [0.717, 1.165) is 33.4 Å².